The van der Waals surface area contributed by atoms with E-state index in [1.807, 2.05) is 32.0 Å². The van der Waals surface area contributed by atoms with Crippen LogP contribution in [0.25, 0.3) is 0 Å². The van der Waals surface area contributed by atoms with E-state index in [-0.39, 0.29) is 18.0 Å². The molecule has 2 N–H and O–H groups in total. The third-order valence-electron chi connectivity index (χ3n) is 4.62. The lowest BCUT2D eigenvalue weighted by molar-refractivity contribution is -0.143. The first-order valence-electron chi connectivity index (χ1n) is 9.05. The van der Waals surface area contributed by atoms with Crippen molar-refractivity contribution < 1.29 is 24.2 Å². The quantitative estimate of drug-likeness (QED) is 0.776. The summed E-state index contributed by atoms with van der Waals surface area (Å²) in [5.74, 6) is 0.194. The molecule has 0 spiro atoms. The number of ether oxygens (including phenoxy) is 2. The molecule has 1 saturated heterocycles. The van der Waals surface area contributed by atoms with Gasteiger partial charge in [0.15, 0.2) is 11.5 Å². The standard InChI is InChI=1S/C19H28N2O5/c1-4-11-26-16-6-5-15(12-17(16)25-3)13(2)20-19(24)21-9-7-14(8-10-21)18(22)23/h5-6,12-14H,4,7-11H2,1-3H3,(H,20,24)(H,22,23). The van der Waals surface area contributed by atoms with Crippen LogP contribution in [0.5, 0.6) is 11.5 Å². The van der Waals surface area contributed by atoms with Gasteiger partial charge in [0, 0.05) is 13.1 Å². The van der Waals surface area contributed by atoms with Crippen molar-refractivity contribution in [1.82, 2.24) is 10.2 Å². The number of hydrogen-bond acceptors (Lipinski definition) is 4. The molecule has 2 rings (SSSR count). The fourth-order valence-electron chi connectivity index (χ4n) is 2.97. The van der Waals surface area contributed by atoms with Crippen LogP contribution in [0.1, 0.15) is 44.7 Å². The molecule has 1 aliphatic heterocycles. The Morgan fingerprint density at radius 3 is 2.58 bits per heavy atom. The number of piperidine rings is 1. The number of carbonyl (C=O) groups is 2. The molecule has 0 aromatic heterocycles. The number of hydrogen-bond donors (Lipinski definition) is 2. The van der Waals surface area contributed by atoms with Crippen molar-refractivity contribution in [3.05, 3.63) is 23.8 Å². The molecule has 144 valence electrons. The minimum absolute atomic E-state index is 0.174. The average Bonchev–Trinajstić information content (AvgIpc) is 2.66. The number of methoxy groups -OCH3 is 1. The van der Waals surface area contributed by atoms with Crippen molar-refractivity contribution in [3.8, 4) is 11.5 Å². The first kappa shape index (κ1) is 19.9. The van der Waals surface area contributed by atoms with E-state index in [9.17, 15) is 9.59 Å². The van der Waals surface area contributed by atoms with Crippen LogP contribution in [-0.2, 0) is 4.79 Å². The molecule has 7 nitrogen and oxygen atoms in total. The van der Waals surface area contributed by atoms with Crippen molar-refractivity contribution in [3.63, 3.8) is 0 Å². The van der Waals surface area contributed by atoms with Gasteiger partial charge in [-0.15, -0.1) is 0 Å². The minimum Gasteiger partial charge on any atom is -0.493 e. The summed E-state index contributed by atoms with van der Waals surface area (Å²) in [6.07, 6.45) is 1.90. The second kappa shape index (κ2) is 9.31. The van der Waals surface area contributed by atoms with E-state index in [2.05, 4.69) is 5.32 Å². The Labute approximate surface area is 154 Å². The molecule has 0 radical (unpaired) electrons. The number of amides is 2. The number of urea groups is 1. The maximum atomic E-state index is 12.4. The highest BCUT2D eigenvalue weighted by atomic mass is 16.5. The summed E-state index contributed by atoms with van der Waals surface area (Å²) in [7, 11) is 1.59. The molecule has 7 heteroatoms. The highest BCUT2D eigenvalue weighted by Gasteiger charge is 2.27. The normalized spacial score (nSPS) is 16.0. The van der Waals surface area contributed by atoms with Gasteiger partial charge in [0.2, 0.25) is 0 Å². The molecule has 2 amide bonds. The van der Waals surface area contributed by atoms with Crippen LogP contribution in [0.2, 0.25) is 0 Å². The Balaban J connectivity index is 1.95. The SMILES string of the molecule is CCCOc1ccc(C(C)NC(=O)N2CCC(C(=O)O)CC2)cc1OC. The van der Waals surface area contributed by atoms with Crippen LogP contribution in [-0.4, -0.2) is 48.8 Å². The number of nitrogens with zero attached hydrogens (tertiary/aromatic N) is 1. The number of nitrogens with one attached hydrogen (secondary N) is 1. The predicted octanol–water partition coefficient (Wildman–Crippen LogP) is 3.05. The van der Waals surface area contributed by atoms with Crippen molar-refractivity contribution in [2.45, 2.75) is 39.2 Å². The minimum atomic E-state index is -0.782. The molecule has 26 heavy (non-hydrogen) atoms. The maximum Gasteiger partial charge on any atom is 0.317 e. The Bertz CT molecular complexity index is 626. The third kappa shape index (κ3) is 5.03. The first-order valence-corrected chi connectivity index (χ1v) is 9.05. The molecular formula is C19H28N2O5. The summed E-state index contributed by atoms with van der Waals surface area (Å²) in [5.41, 5.74) is 0.916. The van der Waals surface area contributed by atoms with Crippen LogP contribution < -0.4 is 14.8 Å². The Kier molecular flexibility index (Phi) is 7.12. The lowest BCUT2D eigenvalue weighted by Crippen LogP contribution is -2.46. The van der Waals surface area contributed by atoms with Gasteiger partial charge in [0.25, 0.3) is 0 Å². The van der Waals surface area contributed by atoms with Crippen LogP contribution in [0.15, 0.2) is 18.2 Å². The summed E-state index contributed by atoms with van der Waals surface area (Å²) < 4.78 is 11.0. The highest BCUT2D eigenvalue weighted by molar-refractivity contribution is 5.76. The number of carboxylic acids is 1. The fraction of sp³-hybridized carbons (Fsp3) is 0.579. The van der Waals surface area contributed by atoms with E-state index in [1.54, 1.807) is 12.0 Å². The lowest BCUT2D eigenvalue weighted by Gasteiger charge is -2.31. The third-order valence-corrected chi connectivity index (χ3v) is 4.62. The monoisotopic (exact) mass is 364 g/mol. The van der Waals surface area contributed by atoms with E-state index in [0.717, 1.165) is 12.0 Å². The van der Waals surface area contributed by atoms with Crippen molar-refractivity contribution in [2.24, 2.45) is 5.92 Å². The van der Waals surface area contributed by atoms with Gasteiger partial charge in [-0.2, -0.15) is 0 Å². The number of carbonyl (C=O) groups excluding carboxylic acids is 1. The molecule has 0 saturated carbocycles. The second-order valence-electron chi connectivity index (χ2n) is 6.53. The number of rotatable bonds is 7. The summed E-state index contributed by atoms with van der Waals surface area (Å²) in [6.45, 7) is 5.49. The van der Waals surface area contributed by atoms with E-state index in [1.165, 1.54) is 0 Å². The zero-order valence-electron chi connectivity index (χ0n) is 15.7. The number of benzene rings is 1. The predicted molar refractivity (Wildman–Crippen MR) is 97.7 cm³/mol. The Morgan fingerprint density at radius 1 is 1.31 bits per heavy atom. The van der Waals surface area contributed by atoms with E-state index in [0.29, 0.717) is 44.0 Å². The van der Waals surface area contributed by atoms with Gasteiger partial charge < -0.3 is 24.8 Å². The van der Waals surface area contributed by atoms with Crippen molar-refractivity contribution >= 4 is 12.0 Å². The molecule has 1 atom stereocenters. The van der Waals surface area contributed by atoms with Crippen molar-refractivity contribution in [2.75, 3.05) is 26.8 Å². The Morgan fingerprint density at radius 2 is 2.00 bits per heavy atom. The highest BCUT2D eigenvalue weighted by Crippen LogP contribution is 2.30. The number of carboxylic acid groups (broad SMARTS) is 1. The summed E-state index contributed by atoms with van der Waals surface area (Å²) in [4.78, 5) is 25.1. The van der Waals surface area contributed by atoms with Crippen LogP contribution in [0.4, 0.5) is 4.79 Å². The summed E-state index contributed by atoms with van der Waals surface area (Å²) in [6, 6.07) is 5.26. The Hall–Kier alpha value is -2.44. The van der Waals surface area contributed by atoms with Gasteiger partial charge in [0.05, 0.1) is 25.7 Å². The van der Waals surface area contributed by atoms with Gasteiger partial charge in [-0.25, -0.2) is 4.79 Å². The molecule has 1 aromatic carbocycles. The van der Waals surface area contributed by atoms with E-state index >= 15 is 0 Å². The van der Waals surface area contributed by atoms with Crippen LogP contribution in [0.3, 0.4) is 0 Å². The maximum absolute atomic E-state index is 12.4. The first-order chi connectivity index (χ1) is 12.5. The number of aliphatic carboxylic acids is 1. The molecule has 1 aliphatic rings. The lowest BCUT2D eigenvalue weighted by atomic mass is 9.97. The van der Waals surface area contributed by atoms with Gasteiger partial charge in [0.1, 0.15) is 0 Å². The number of likely N-dealkylation sites (tertiary alicyclic amines) is 1. The topological polar surface area (TPSA) is 88.1 Å². The molecule has 1 aromatic rings. The molecule has 0 bridgehead atoms. The van der Waals surface area contributed by atoms with Crippen LogP contribution >= 0.6 is 0 Å². The van der Waals surface area contributed by atoms with Crippen LogP contribution in [0, 0.1) is 5.92 Å². The smallest absolute Gasteiger partial charge is 0.317 e. The molecule has 1 fully saturated rings. The fourth-order valence-corrected chi connectivity index (χ4v) is 2.97. The zero-order valence-corrected chi connectivity index (χ0v) is 15.7. The zero-order chi connectivity index (χ0) is 19.1. The molecule has 1 unspecified atom stereocenters. The summed E-state index contributed by atoms with van der Waals surface area (Å²) >= 11 is 0. The molecule has 0 aliphatic carbocycles. The van der Waals surface area contributed by atoms with E-state index < -0.39 is 5.97 Å². The molecule has 1 heterocycles. The van der Waals surface area contributed by atoms with E-state index in [4.69, 9.17) is 14.6 Å². The summed E-state index contributed by atoms with van der Waals surface area (Å²) in [5, 5.41) is 12.0. The van der Waals surface area contributed by atoms with Gasteiger partial charge in [-0.1, -0.05) is 13.0 Å². The second-order valence-corrected chi connectivity index (χ2v) is 6.53. The van der Waals surface area contributed by atoms with Gasteiger partial charge in [-0.3, -0.25) is 4.79 Å². The van der Waals surface area contributed by atoms with Crippen molar-refractivity contribution in [1.29, 1.82) is 0 Å². The van der Waals surface area contributed by atoms with Gasteiger partial charge >= 0.3 is 12.0 Å². The molecular weight excluding hydrogens is 336 g/mol. The van der Waals surface area contributed by atoms with Gasteiger partial charge in [-0.05, 0) is 43.9 Å². The average molecular weight is 364 g/mol. The largest absolute Gasteiger partial charge is 0.493 e.